The van der Waals surface area contributed by atoms with Crippen LogP contribution in [0.4, 0.5) is 4.39 Å². The van der Waals surface area contributed by atoms with Gasteiger partial charge in [0.2, 0.25) is 11.8 Å². The van der Waals surface area contributed by atoms with E-state index in [0.29, 0.717) is 18.9 Å². The molecule has 0 aromatic heterocycles. The van der Waals surface area contributed by atoms with E-state index in [1.807, 2.05) is 0 Å². The molecule has 22 heavy (non-hydrogen) atoms. The summed E-state index contributed by atoms with van der Waals surface area (Å²) in [6.45, 7) is 4.09. The zero-order chi connectivity index (χ0) is 15.9. The van der Waals surface area contributed by atoms with Gasteiger partial charge in [-0.1, -0.05) is 19.1 Å². The molecule has 1 aromatic rings. The summed E-state index contributed by atoms with van der Waals surface area (Å²) in [5.74, 6) is -0.0930. The molecule has 4 nitrogen and oxygen atoms in total. The quantitative estimate of drug-likeness (QED) is 0.847. The van der Waals surface area contributed by atoms with E-state index in [4.69, 9.17) is 0 Å². The third kappa shape index (κ3) is 5.13. The van der Waals surface area contributed by atoms with Crippen LogP contribution in [0.5, 0.6) is 0 Å². The van der Waals surface area contributed by atoms with Gasteiger partial charge in [0.05, 0.1) is 0 Å². The van der Waals surface area contributed by atoms with E-state index in [2.05, 4.69) is 12.2 Å². The summed E-state index contributed by atoms with van der Waals surface area (Å²) in [7, 11) is 0. The molecule has 1 heterocycles. The lowest BCUT2D eigenvalue weighted by Crippen LogP contribution is -2.41. The second-order valence-corrected chi connectivity index (χ2v) is 5.99. The number of piperidine rings is 1. The maximum absolute atomic E-state index is 12.8. The molecule has 2 amide bonds. The van der Waals surface area contributed by atoms with Gasteiger partial charge in [0.25, 0.3) is 0 Å². The molecular weight excluding hydrogens is 283 g/mol. The number of halogens is 1. The average molecular weight is 306 g/mol. The van der Waals surface area contributed by atoms with E-state index in [1.165, 1.54) is 12.1 Å². The van der Waals surface area contributed by atoms with Crippen molar-refractivity contribution in [3.63, 3.8) is 0 Å². The molecule has 120 valence electrons. The summed E-state index contributed by atoms with van der Waals surface area (Å²) in [5, 5.41) is 2.75. The van der Waals surface area contributed by atoms with Crippen molar-refractivity contribution in [1.82, 2.24) is 10.2 Å². The fourth-order valence-corrected chi connectivity index (χ4v) is 2.72. The van der Waals surface area contributed by atoms with Crippen LogP contribution in [0.3, 0.4) is 0 Å². The van der Waals surface area contributed by atoms with E-state index in [1.54, 1.807) is 17.0 Å². The molecule has 2 rings (SSSR count). The fourth-order valence-electron chi connectivity index (χ4n) is 2.72. The molecule has 0 radical (unpaired) electrons. The summed E-state index contributed by atoms with van der Waals surface area (Å²) in [5.41, 5.74) is 0.956. The second-order valence-electron chi connectivity index (χ2n) is 5.99. The fraction of sp³-hybridized carbons (Fsp3) is 0.529. The first-order valence-electron chi connectivity index (χ1n) is 7.83. The Morgan fingerprint density at radius 3 is 2.73 bits per heavy atom. The van der Waals surface area contributed by atoms with Gasteiger partial charge >= 0.3 is 0 Å². The van der Waals surface area contributed by atoms with Crippen LogP contribution >= 0.6 is 0 Å². The van der Waals surface area contributed by atoms with Crippen molar-refractivity contribution in [3.05, 3.63) is 35.6 Å². The van der Waals surface area contributed by atoms with Crippen LogP contribution in [-0.2, 0) is 16.0 Å². The summed E-state index contributed by atoms with van der Waals surface area (Å²) in [6, 6.07) is 6.19. The Balaban J connectivity index is 1.69. The number of likely N-dealkylation sites (tertiary alicyclic amines) is 1. The Bertz CT molecular complexity index is 516. The summed E-state index contributed by atoms with van der Waals surface area (Å²) >= 11 is 0. The SMILES string of the molecule is CC1CCCN(C(=O)CC(=O)NCCc2ccc(F)cc2)C1. The Morgan fingerprint density at radius 1 is 1.32 bits per heavy atom. The lowest BCUT2D eigenvalue weighted by Gasteiger charge is -2.30. The number of amides is 2. The summed E-state index contributed by atoms with van der Waals surface area (Å²) in [6.07, 6.45) is 2.70. The number of nitrogens with zero attached hydrogens (tertiary/aromatic N) is 1. The maximum atomic E-state index is 12.8. The van der Waals surface area contributed by atoms with E-state index in [-0.39, 0.29) is 24.1 Å². The number of carbonyl (C=O) groups is 2. The van der Waals surface area contributed by atoms with E-state index < -0.39 is 0 Å². The van der Waals surface area contributed by atoms with Crippen LogP contribution in [0.2, 0.25) is 0 Å². The molecule has 5 heteroatoms. The Kier molecular flexibility index (Phi) is 5.92. The van der Waals surface area contributed by atoms with Gasteiger partial charge < -0.3 is 10.2 Å². The van der Waals surface area contributed by atoms with Gasteiger partial charge in [0, 0.05) is 19.6 Å². The topological polar surface area (TPSA) is 49.4 Å². The third-order valence-electron chi connectivity index (χ3n) is 3.97. The number of hydrogen-bond donors (Lipinski definition) is 1. The first-order chi connectivity index (χ1) is 10.5. The predicted octanol–water partition coefficient (Wildman–Crippen LogP) is 2.13. The normalized spacial score (nSPS) is 18.1. The van der Waals surface area contributed by atoms with Crippen molar-refractivity contribution >= 4 is 11.8 Å². The van der Waals surface area contributed by atoms with E-state index in [9.17, 15) is 14.0 Å². The Hall–Kier alpha value is -1.91. The van der Waals surface area contributed by atoms with Gasteiger partial charge in [0.1, 0.15) is 12.2 Å². The lowest BCUT2D eigenvalue weighted by atomic mass is 10.00. The highest BCUT2D eigenvalue weighted by Gasteiger charge is 2.22. The van der Waals surface area contributed by atoms with Gasteiger partial charge in [-0.05, 0) is 42.9 Å². The van der Waals surface area contributed by atoms with Crippen LogP contribution in [-0.4, -0.2) is 36.3 Å². The molecule has 0 bridgehead atoms. The van der Waals surface area contributed by atoms with Crippen LogP contribution in [0.1, 0.15) is 31.7 Å². The number of carbonyl (C=O) groups excluding carboxylic acids is 2. The van der Waals surface area contributed by atoms with Gasteiger partial charge in [-0.15, -0.1) is 0 Å². The number of benzene rings is 1. The average Bonchev–Trinajstić information content (AvgIpc) is 2.49. The van der Waals surface area contributed by atoms with E-state index >= 15 is 0 Å². The minimum Gasteiger partial charge on any atom is -0.355 e. The van der Waals surface area contributed by atoms with Gasteiger partial charge in [0.15, 0.2) is 0 Å². The molecule has 1 saturated heterocycles. The summed E-state index contributed by atoms with van der Waals surface area (Å²) < 4.78 is 12.8. The van der Waals surface area contributed by atoms with Gasteiger partial charge in [-0.3, -0.25) is 9.59 Å². The first-order valence-corrected chi connectivity index (χ1v) is 7.83. The minimum absolute atomic E-state index is 0.0872. The first kappa shape index (κ1) is 16.5. The number of rotatable bonds is 5. The molecule has 1 aliphatic heterocycles. The zero-order valence-corrected chi connectivity index (χ0v) is 13.0. The standard InChI is InChI=1S/C17H23FN2O2/c1-13-3-2-10-20(12-13)17(22)11-16(21)19-9-8-14-4-6-15(18)7-5-14/h4-7,13H,2-3,8-12H2,1H3,(H,19,21). The molecule has 0 saturated carbocycles. The molecule has 1 unspecified atom stereocenters. The van der Waals surface area contributed by atoms with Crippen molar-refractivity contribution in [2.45, 2.75) is 32.6 Å². The van der Waals surface area contributed by atoms with Crippen molar-refractivity contribution in [1.29, 1.82) is 0 Å². The second kappa shape index (κ2) is 7.92. The van der Waals surface area contributed by atoms with E-state index in [0.717, 1.165) is 31.5 Å². The zero-order valence-electron chi connectivity index (χ0n) is 13.0. The lowest BCUT2D eigenvalue weighted by molar-refractivity contribution is -0.137. The molecule has 1 aromatic carbocycles. The number of nitrogens with one attached hydrogen (secondary N) is 1. The molecule has 1 fully saturated rings. The predicted molar refractivity (Wildman–Crippen MR) is 82.7 cm³/mol. The van der Waals surface area contributed by atoms with Gasteiger partial charge in [-0.25, -0.2) is 4.39 Å². The maximum Gasteiger partial charge on any atom is 0.232 e. The highest BCUT2D eigenvalue weighted by molar-refractivity contribution is 5.96. The molecule has 0 spiro atoms. The van der Waals surface area contributed by atoms with Crippen molar-refractivity contribution in [3.8, 4) is 0 Å². The largest absolute Gasteiger partial charge is 0.355 e. The molecule has 0 aliphatic carbocycles. The van der Waals surface area contributed by atoms with Crippen LogP contribution in [0.25, 0.3) is 0 Å². The summed E-state index contributed by atoms with van der Waals surface area (Å²) in [4.78, 5) is 25.6. The smallest absolute Gasteiger partial charge is 0.232 e. The molecular formula is C17H23FN2O2. The van der Waals surface area contributed by atoms with Crippen LogP contribution in [0, 0.1) is 11.7 Å². The van der Waals surface area contributed by atoms with Crippen molar-refractivity contribution < 1.29 is 14.0 Å². The highest BCUT2D eigenvalue weighted by atomic mass is 19.1. The Morgan fingerprint density at radius 2 is 2.05 bits per heavy atom. The monoisotopic (exact) mass is 306 g/mol. The highest BCUT2D eigenvalue weighted by Crippen LogP contribution is 2.16. The van der Waals surface area contributed by atoms with Crippen LogP contribution < -0.4 is 5.32 Å². The van der Waals surface area contributed by atoms with Crippen LogP contribution in [0.15, 0.2) is 24.3 Å². The molecule has 1 aliphatic rings. The molecule has 1 atom stereocenters. The number of hydrogen-bond acceptors (Lipinski definition) is 2. The van der Waals surface area contributed by atoms with Gasteiger partial charge in [-0.2, -0.15) is 0 Å². The molecule has 1 N–H and O–H groups in total. The van der Waals surface area contributed by atoms with Crippen molar-refractivity contribution in [2.75, 3.05) is 19.6 Å². The Labute approximate surface area is 130 Å². The minimum atomic E-state index is -0.269. The van der Waals surface area contributed by atoms with Crippen molar-refractivity contribution in [2.24, 2.45) is 5.92 Å². The third-order valence-corrected chi connectivity index (χ3v) is 3.97.